The van der Waals surface area contributed by atoms with Gasteiger partial charge in [-0.25, -0.2) is 19.6 Å². The van der Waals surface area contributed by atoms with Crippen LogP contribution in [0.4, 0.5) is 5.82 Å². The molecule has 4 aromatic heterocycles. The number of methoxy groups -OCH3 is 2. The number of ether oxygens (including phenoxy) is 2. The van der Waals surface area contributed by atoms with Gasteiger partial charge in [-0.1, -0.05) is 12.1 Å². The monoisotopic (exact) mass is 629 g/mol. The molecular formula is C36H39N9O2. The van der Waals surface area contributed by atoms with Crippen LogP contribution < -0.4 is 20.5 Å². The van der Waals surface area contributed by atoms with E-state index in [1.165, 1.54) is 11.1 Å². The van der Waals surface area contributed by atoms with E-state index < -0.39 is 0 Å². The number of pyridine rings is 2. The van der Waals surface area contributed by atoms with E-state index in [2.05, 4.69) is 49.1 Å². The van der Waals surface area contributed by atoms with Crippen molar-refractivity contribution in [3.8, 4) is 34.4 Å². The third-order valence-electron chi connectivity index (χ3n) is 8.92. The molecule has 47 heavy (non-hydrogen) atoms. The Labute approximate surface area is 274 Å². The van der Waals surface area contributed by atoms with Crippen LogP contribution in [0.2, 0.25) is 0 Å². The van der Waals surface area contributed by atoms with Crippen LogP contribution in [0.15, 0.2) is 85.3 Å². The first-order chi connectivity index (χ1) is 23.1. The first-order valence-corrected chi connectivity index (χ1v) is 15.9. The summed E-state index contributed by atoms with van der Waals surface area (Å²) in [4.78, 5) is 17.0. The average Bonchev–Trinajstić information content (AvgIpc) is 3.87. The minimum absolute atomic E-state index is 0.278. The van der Waals surface area contributed by atoms with Crippen molar-refractivity contribution in [3.05, 3.63) is 102 Å². The van der Waals surface area contributed by atoms with Crippen LogP contribution in [-0.2, 0) is 13.0 Å². The summed E-state index contributed by atoms with van der Waals surface area (Å²) in [5, 5.41) is 7.70. The number of nitrogens with two attached hydrogens (primary N) is 1. The number of hydrogen-bond acceptors (Lipinski definition) is 9. The minimum atomic E-state index is 0.278. The molecule has 240 valence electrons. The number of imidazole rings is 1. The molecule has 0 fully saturated rings. The van der Waals surface area contributed by atoms with Crippen LogP contribution in [0, 0.1) is 0 Å². The van der Waals surface area contributed by atoms with E-state index in [9.17, 15) is 0 Å². The summed E-state index contributed by atoms with van der Waals surface area (Å²) in [6, 6.07) is 22.7. The van der Waals surface area contributed by atoms with E-state index in [0.717, 1.165) is 78.4 Å². The maximum absolute atomic E-state index is 6.40. The van der Waals surface area contributed by atoms with Gasteiger partial charge in [-0.3, -0.25) is 9.47 Å². The maximum atomic E-state index is 6.40. The number of rotatable bonds is 12. The Morgan fingerprint density at radius 3 is 2.70 bits per heavy atom. The number of nitrogens with one attached hydrogen (secondary N) is 1. The second kappa shape index (κ2) is 13.2. The molecule has 0 unspecified atom stereocenters. The number of nitrogens with zero attached hydrogens (tertiary/aromatic N) is 7. The summed E-state index contributed by atoms with van der Waals surface area (Å²) in [5.74, 6) is 3.46. The smallest absolute Gasteiger partial charge is 0.167 e. The van der Waals surface area contributed by atoms with Crippen LogP contribution in [0.3, 0.4) is 0 Å². The van der Waals surface area contributed by atoms with Crippen molar-refractivity contribution in [2.24, 2.45) is 0 Å². The van der Waals surface area contributed by atoms with Gasteiger partial charge in [0.2, 0.25) is 0 Å². The Kier molecular flexibility index (Phi) is 8.56. The molecule has 3 N–H and O–H groups in total. The van der Waals surface area contributed by atoms with Gasteiger partial charge in [0.25, 0.3) is 0 Å². The summed E-state index contributed by atoms with van der Waals surface area (Å²) in [5.41, 5.74) is 13.4. The highest BCUT2D eigenvalue weighted by atomic mass is 16.5. The van der Waals surface area contributed by atoms with Gasteiger partial charge in [0.05, 0.1) is 19.8 Å². The van der Waals surface area contributed by atoms with Gasteiger partial charge < -0.3 is 20.5 Å². The minimum Gasteiger partial charge on any atom is -0.497 e. The number of aryl methyl sites for hydroxylation is 1. The third kappa shape index (κ3) is 5.91. The molecule has 0 radical (unpaired) electrons. The van der Waals surface area contributed by atoms with Crippen LogP contribution in [0.5, 0.6) is 11.5 Å². The lowest BCUT2D eigenvalue weighted by Crippen LogP contribution is -2.30. The second-order valence-electron chi connectivity index (χ2n) is 11.7. The van der Waals surface area contributed by atoms with E-state index >= 15 is 0 Å². The molecule has 0 aliphatic heterocycles. The van der Waals surface area contributed by atoms with E-state index in [4.69, 9.17) is 25.2 Å². The predicted molar refractivity (Wildman–Crippen MR) is 183 cm³/mol. The maximum Gasteiger partial charge on any atom is 0.167 e. The van der Waals surface area contributed by atoms with Crippen molar-refractivity contribution in [2.45, 2.75) is 31.8 Å². The van der Waals surface area contributed by atoms with Gasteiger partial charge in [-0.05, 0) is 92.5 Å². The molecule has 0 amide bonds. The fraction of sp³-hybridized carbons (Fsp3) is 0.278. The zero-order valence-electron chi connectivity index (χ0n) is 26.9. The first-order valence-electron chi connectivity index (χ1n) is 15.9. The fourth-order valence-corrected chi connectivity index (χ4v) is 6.62. The molecule has 7 rings (SSSR count). The molecule has 4 heterocycles. The normalized spacial score (nSPS) is 14.2. The molecule has 1 atom stereocenters. The molecule has 0 saturated carbocycles. The first kappa shape index (κ1) is 30.4. The van der Waals surface area contributed by atoms with Gasteiger partial charge in [0, 0.05) is 55.0 Å². The van der Waals surface area contributed by atoms with Crippen LogP contribution in [0.25, 0.3) is 34.1 Å². The highest BCUT2D eigenvalue weighted by Crippen LogP contribution is 2.40. The summed E-state index contributed by atoms with van der Waals surface area (Å²) in [6.07, 6.45) is 8.37. The largest absolute Gasteiger partial charge is 0.497 e. The van der Waals surface area contributed by atoms with E-state index in [-0.39, 0.29) is 6.04 Å². The molecule has 1 aliphatic carbocycles. The van der Waals surface area contributed by atoms with Crippen molar-refractivity contribution < 1.29 is 9.47 Å². The lowest BCUT2D eigenvalue weighted by Gasteiger charge is -2.30. The predicted octanol–water partition coefficient (Wildman–Crippen LogP) is 5.37. The Balaban J connectivity index is 1.29. The summed E-state index contributed by atoms with van der Waals surface area (Å²) >= 11 is 0. The van der Waals surface area contributed by atoms with E-state index in [0.29, 0.717) is 17.5 Å². The van der Waals surface area contributed by atoms with Gasteiger partial charge in [0.15, 0.2) is 17.3 Å². The number of fused-ring (bicyclic) bond motifs is 2. The number of anilines is 1. The summed E-state index contributed by atoms with van der Waals surface area (Å²) in [7, 11) is 5.40. The number of nitrogen functional groups attached to an aromatic ring is 1. The Morgan fingerprint density at radius 1 is 1.00 bits per heavy atom. The number of hydrogen-bond donors (Lipinski definition) is 2. The highest BCUT2D eigenvalue weighted by molar-refractivity contribution is 5.83. The molecule has 0 saturated heterocycles. The number of aromatic nitrogens is 6. The van der Waals surface area contributed by atoms with Gasteiger partial charge >= 0.3 is 0 Å². The summed E-state index contributed by atoms with van der Waals surface area (Å²) in [6.45, 7) is 2.69. The lowest BCUT2D eigenvalue weighted by atomic mass is 10.0. The van der Waals surface area contributed by atoms with Gasteiger partial charge in [-0.15, -0.1) is 0 Å². The second-order valence-corrected chi connectivity index (χ2v) is 11.7. The zero-order valence-corrected chi connectivity index (χ0v) is 26.9. The lowest BCUT2D eigenvalue weighted by molar-refractivity contribution is 0.183. The zero-order chi connectivity index (χ0) is 32.3. The quantitative estimate of drug-likeness (QED) is 0.172. The van der Waals surface area contributed by atoms with Gasteiger partial charge in [-0.2, -0.15) is 5.10 Å². The Morgan fingerprint density at radius 2 is 1.91 bits per heavy atom. The molecular weight excluding hydrogens is 590 g/mol. The van der Waals surface area contributed by atoms with Crippen molar-refractivity contribution in [1.29, 1.82) is 0 Å². The number of benzene rings is 2. The van der Waals surface area contributed by atoms with Crippen molar-refractivity contribution in [3.63, 3.8) is 0 Å². The standard InChI is InChI=1S/C36H39N9O2/c1-38-16-5-19-43(23-25-8-11-27(46-2)22-32(25)47-3)31-14-9-24-21-26(10-12-28(24)31)45-35(29-7-4-17-39-34(29)37)41-30-13-15-33(42-36(30)45)44-20-6-18-40-44/h4,6-8,10-13,15,17-18,20-22,31,38H,5,9,14,16,19,23H2,1-3H3,(H2,37,39)/t31-/m0/s1. The van der Waals surface area contributed by atoms with Crippen molar-refractivity contribution >= 4 is 17.0 Å². The molecule has 0 spiro atoms. The third-order valence-corrected chi connectivity index (χ3v) is 8.92. The highest BCUT2D eigenvalue weighted by Gasteiger charge is 2.30. The van der Waals surface area contributed by atoms with Crippen LogP contribution >= 0.6 is 0 Å². The van der Waals surface area contributed by atoms with Crippen molar-refractivity contribution in [1.82, 2.24) is 39.5 Å². The molecule has 2 aromatic carbocycles. The molecule has 6 aromatic rings. The molecule has 11 nitrogen and oxygen atoms in total. The fourth-order valence-electron chi connectivity index (χ4n) is 6.62. The van der Waals surface area contributed by atoms with E-state index in [1.807, 2.05) is 55.7 Å². The average molecular weight is 630 g/mol. The van der Waals surface area contributed by atoms with Crippen molar-refractivity contribution in [2.75, 3.05) is 40.1 Å². The molecule has 11 heteroatoms. The topological polar surface area (TPSA) is 121 Å². The molecule has 1 aliphatic rings. The van der Waals surface area contributed by atoms with Gasteiger partial charge in [0.1, 0.15) is 22.8 Å². The van der Waals surface area contributed by atoms with Crippen LogP contribution in [-0.4, -0.2) is 68.6 Å². The summed E-state index contributed by atoms with van der Waals surface area (Å²) < 4.78 is 15.1. The Hall–Kier alpha value is -5.26. The van der Waals surface area contributed by atoms with E-state index in [1.54, 1.807) is 31.3 Å². The Bertz CT molecular complexity index is 2000. The van der Waals surface area contributed by atoms with Crippen LogP contribution in [0.1, 0.15) is 35.6 Å². The SMILES string of the molecule is CNCCCN(Cc1ccc(OC)cc1OC)[C@H]1CCc2cc(-n3c(-c4cccnc4N)nc4ccc(-n5cccn5)nc43)ccc21. The molecule has 0 bridgehead atoms.